The third-order valence-corrected chi connectivity index (χ3v) is 4.06. The van der Waals surface area contributed by atoms with Crippen LogP contribution in [0.15, 0.2) is 59.5 Å². The van der Waals surface area contributed by atoms with Gasteiger partial charge >= 0.3 is 0 Å². The summed E-state index contributed by atoms with van der Waals surface area (Å²) < 4.78 is 24.6. The molecule has 0 bridgehead atoms. The van der Waals surface area contributed by atoms with E-state index in [0.29, 0.717) is 17.9 Å². The Bertz CT molecular complexity index is 599. The van der Waals surface area contributed by atoms with Gasteiger partial charge in [0, 0.05) is 22.8 Å². The minimum atomic E-state index is -1.13. The van der Waals surface area contributed by atoms with Crippen molar-refractivity contribution in [3.8, 4) is 0 Å². The lowest BCUT2D eigenvalue weighted by Gasteiger charge is -2.05. The predicted molar refractivity (Wildman–Crippen MR) is 76.5 cm³/mol. The number of benzene rings is 2. The van der Waals surface area contributed by atoms with Gasteiger partial charge in [-0.15, -0.1) is 0 Å². The van der Waals surface area contributed by atoms with E-state index in [4.69, 9.17) is 0 Å². The molecule has 0 saturated carbocycles. The number of hydrogen-bond donors (Lipinski definition) is 1. The van der Waals surface area contributed by atoms with E-state index in [0.717, 1.165) is 4.90 Å². The van der Waals surface area contributed by atoms with E-state index in [-0.39, 0.29) is 11.7 Å². The van der Waals surface area contributed by atoms with Gasteiger partial charge in [0.25, 0.3) is 5.91 Å². The number of hydrogen-bond acceptors (Lipinski definition) is 2. The molecule has 0 aliphatic rings. The molecule has 0 fully saturated rings. The Morgan fingerprint density at radius 2 is 1.70 bits per heavy atom. The highest BCUT2D eigenvalue weighted by Gasteiger charge is 2.07. The van der Waals surface area contributed by atoms with Gasteiger partial charge in [0.15, 0.2) is 0 Å². The first-order valence-electron chi connectivity index (χ1n) is 6.14. The Labute approximate surface area is 119 Å². The average molecular weight is 291 g/mol. The van der Waals surface area contributed by atoms with Crippen molar-refractivity contribution in [1.29, 1.82) is 0 Å². The highest BCUT2D eigenvalue weighted by molar-refractivity contribution is 7.85. The van der Waals surface area contributed by atoms with E-state index in [1.807, 2.05) is 18.2 Å². The SMILES string of the molecule is O=C(NCC[S@@](=O)c1ccccc1)c1ccc(F)cc1. The molecule has 20 heavy (non-hydrogen) atoms. The number of rotatable bonds is 5. The molecule has 0 heterocycles. The molecule has 3 nitrogen and oxygen atoms in total. The fraction of sp³-hybridized carbons (Fsp3) is 0.133. The van der Waals surface area contributed by atoms with Gasteiger partial charge in [-0.2, -0.15) is 0 Å². The molecule has 5 heteroatoms. The van der Waals surface area contributed by atoms with Gasteiger partial charge in [-0.1, -0.05) is 18.2 Å². The fourth-order valence-corrected chi connectivity index (χ4v) is 2.63. The number of nitrogens with one attached hydrogen (secondary N) is 1. The van der Waals surface area contributed by atoms with Crippen LogP contribution in [-0.2, 0) is 10.8 Å². The molecule has 0 unspecified atom stereocenters. The van der Waals surface area contributed by atoms with Gasteiger partial charge in [0.2, 0.25) is 0 Å². The highest BCUT2D eigenvalue weighted by atomic mass is 32.2. The van der Waals surface area contributed by atoms with Crippen LogP contribution < -0.4 is 5.32 Å². The van der Waals surface area contributed by atoms with E-state index >= 15 is 0 Å². The molecule has 1 N–H and O–H groups in total. The molecule has 2 aromatic rings. The largest absolute Gasteiger partial charge is 0.351 e. The summed E-state index contributed by atoms with van der Waals surface area (Å²) in [6.07, 6.45) is 0. The number of carbonyl (C=O) groups is 1. The maximum absolute atomic E-state index is 12.7. The fourth-order valence-electron chi connectivity index (χ4n) is 1.65. The lowest BCUT2D eigenvalue weighted by atomic mass is 10.2. The normalized spacial score (nSPS) is 11.8. The first kappa shape index (κ1) is 14.4. The van der Waals surface area contributed by atoms with Gasteiger partial charge < -0.3 is 5.32 Å². The van der Waals surface area contributed by atoms with Crippen molar-refractivity contribution in [2.45, 2.75) is 4.90 Å². The van der Waals surface area contributed by atoms with Crippen molar-refractivity contribution in [2.75, 3.05) is 12.3 Å². The Balaban J connectivity index is 1.83. The van der Waals surface area contributed by atoms with Crippen molar-refractivity contribution in [2.24, 2.45) is 0 Å². The van der Waals surface area contributed by atoms with Crippen LogP contribution in [0.3, 0.4) is 0 Å². The van der Waals surface area contributed by atoms with Crippen LogP contribution in [-0.4, -0.2) is 22.4 Å². The smallest absolute Gasteiger partial charge is 0.251 e. The first-order chi connectivity index (χ1) is 9.66. The summed E-state index contributed by atoms with van der Waals surface area (Å²) in [5.74, 6) is -0.335. The first-order valence-corrected chi connectivity index (χ1v) is 7.46. The van der Waals surface area contributed by atoms with Gasteiger partial charge in [-0.3, -0.25) is 9.00 Å². The second kappa shape index (κ2) is 6.96. The molecule has 0 aromatic heterocycles. The zero-order valence-corrected chi connectivity index (χ0v) is 11.5. The molecular weight excluding hydrogens is 277 g/mol. The van der Waals surface area contributed by atoms with Gasteiger partial charge in [-0.05, 0) is 36.4 Å². The summed E-state index contributed by atoms with van der Waals surface area (Å²) in [5, 5.41) is 2.66. The zero-order chi connectivity index (χ0) is 14.4. The maximum atomic E-state index is 12.7. The minimum Gasteiger partial charge on any atom is -0.351 e. The molecule has 0 aliphatic carbocycles. The standard InChI is InChI=1S/C15H14FNO2S/c16-13-8-6-12(7-9-13)15(18)17-10-11-20(19)14-4-2-1-3-5-14/h1-9H,10-11H2,(H,17,18)/t20-/m1/s1. The number of halogens is 1. The van der Waals surface area contributed by atoms with Crippen LogP contribution in [0.2, 0.25) is 0 Å². The van der Waals surface area contributed by atoms with Crippen LogP contribution in [0, 0.1) is 5.82 Å². The van der Waals surface area contributed by atoms with Crippen LogP contribution in [0.5, 0.6) is 0 Å². The third kappa shape index (κ3) is 3.99. The molecule has 0 spiro atoms. The molecule has 1 atom stereocenters. The molecule has 0 radical (unpaired) electrons. The van der Waals surface area contributed by atoms with Gasteiger partial charge in [0.05, 0.1) is 10.8 Å². The van der Waals surface area contributed by atoms with Crippen molar-refractivity contribution < 1.29 is 13.4 Å². The predicted octanol–water partition coefficient (Wildman–Crippen LogP) is 2.36. The molecular formula is C15H14FNO2S. The molecule has 2 aromatic carbocycles. The van der Waals surface area contributed by atoms with Crippen LogP contribution >= 0.6 is 0 Å². The Hall–Kier alpha value is -2.01. The van der Waals surface area contributed by atoms with Crippen molar-refractivity contribution in [3.05, 3.63) is 66.0 Å². The lowest BCUT2D eigenvalue weighted by molar-refractivity contribution is 0.0956. The lowest BCUT2D eigenvalue weighted by Crippen LogP contribution is -2.27. The Morgan fingerprint density at radius 3 is 2.35 bits per heavy atom. The van der Waals surface area contributed by atoms with Crippen molar-refractivity contribution in [3.63, 3.8) is 0 Å². The summed E-state index contributed by atoms with van der Waals surface area (Å²) in [6, 6.07) is 14.4. The number of carbonyl (C=O) groups excluding carboxylic acids is 1. The molecule has 0 saturated heterocycles. The second-order valence-corrected chi connectivity index (χ2v) is 5.70. The zero-order valence-electron chi connectivity index (χ0n) is 10.7. The van der Waals surface area contributed by atoms with Crippen LogP contribution in [0.1, 0.15) is 10.4 Å². The summed E-state index contributed by atoms with van der Waals surface area (Å²) >= 11 is 0. The third-order valence-electron chi connectivity index (χ3n) is 2.69. The summed E-state index contributed by atoms with van der Waals surface area (Å²) in [4.78, 5) is 12.5. The van der Waals surface area contributed by atoms with E-state index < -0.39 is 10.8 Å². The molecule has 0 aliphatic heterocycles. The average Bonchev–Trinajstić information content (AvgIpc) is 2.48. The quantitative estimate of drug-likeness (QED) is 0.919. The van der Waals surface area contributed by atoms with Crippen molar-refractivity contribution >= 4 is 16.7 Å². The monoisotopic (exact) mass is 291 g/mol. The molecule has 104 valence electrons. The summed E-state index contributed by atoms with van der Waals surface area (Å²) in [6.45, 7) is 0.303. The molecule has 1 amide bonds. The van der Waals surface area contributed by atoms with E-state index in [2.05, 4.69) is 5.32 Å². The van der Waals surface area contributed by atoms with Crippen LogP contribution in [0.25, 0.3) is 0 Å². The highest BCUT2D eigenvalue weighted by Crippen LogP contribution is 2.05. The Morgan fingerprint density at radius 1 is 1.05 bits per heavy atom. The molecule has 2 rings (SSSR count). The number of amides is 1. The topological polar surface area (TPSA) is 46.2 Å². The maximum Gasteiger partial charge on any atom is 0.251 e. The van der Waals surface area contributed by atoms with Crippen molar-refractivity contribution in [1.82, 2.24) is 5.32 Å². The van der Waals surface area contributed by atoms with E-state index in [1.165, 1.54) is 24.3 Å². The summed E-state index contributed by atoms with van der Waals surface area (Å²) in [7, 11) is -1.13. The second-order valence-electron chi connectivity index (χ2n) is 4.13. The van der Waals surface area contributed by atoms with Crippen LogP contribution in [0.4, 0.5) is 4.39 Å². The summed E-state index contributed by atoms with van der Waals surface area (Å²) in [5.41, 5.74) is 0.386. The Kier molecular flexibility index (Phi) is 5.01. The van der Waals surface area contributed by atoms with E-state index in [9.17, 15) is 13.4 Å². The minimum absolute atomic E-state index is 0.296. The van der Waals surface area contributed by atoms with Gasteiger partial charge in [-0.25, -0.2) is 4.39 Å². The van der Waals surface area contributed by atoms with E-state index in [1.54, 1.807) is 12.1 Å². The van der Waals surface area contributed by atoms with Gasteiger partial charge in [0.1, 0.15) is 5.82 Å².